The highest BCUT2D eigenvalue weighted by Crippen LogP contribution is 2.15. The summed E-state index contributed by atoms with van der Waals surface area (Å²) in [4.78, 5) is 2.21. The van der Waals surface area contributed by atoms with E-state index in [1.54, 1.807) is 6.26 Å². The summed E-state index contributed by atoms with van der Waals surface area (Å²) in [5.74, 6) is 0.740. The van der Waals surface area contributed by atoms with E-state index in [4.69, 9.17) is 4.42 Å². The van der Waals surface area contributed by atoms with Crippen LogP contribution in [-0.2, 0) is 0 Å². The van der Waals surface area contributed by atoms with Crippen molar-refractivity contribution in [1.82, 2.24) is 5.32 Å². The second-order valence-electron chi connectivity index (χ2n) is 4.75. The van der Waals surface area contributed by atoms with E-state index < -0.39 is 0 Å². The molecule has 108 valence electrons. The van der Waals surface area contributed by atoms with E-state index in [2.05, 4.69) is 24.1 Å². The van der Waals surface area contributed by atoms with Gasteiger partial charge in [-0.3, -0.25) is 0 Å². The molecule has 0 aliphatic rings. The normalized spacial score (nSPS) is 12.3. The van der Waals surface area contributed by atoms with Crippen LogP contribution in [0, 0.1) is 5.82 Å². The van der Waals surface area contributed by atoms with E-state index >= 15 is 0 Å². The molecular formula is C16H21FN2O. The first-order chi connectivity index (χ1) is 9.70. The predicted octanol–water partition coefficient (Wildman–Crippen LogP) is 3.60. The van der Waals surface area contributed by atoms with E-state index in [9.17, 15) is 4.39 Å². The number of furan rings is 1. The number of halogens is 1. The van der Waals surface area contributed by atoms with E-state index in [0.29, 0.717) is 0 Å². The van der Waals surface area contributed by atoms with Crippen molar-refractivity contribution >= 4 is 5.69 Å². The fraction of sp³-hybridized carbons (Fsp3) is 0.375. The van der Waals surface area contributed by atoms with Gasteiger partial charge in [-0.2, -0.15) is 0 Å². The van der Waals surface area contributed by atoms with Gasteiger partial charge in [-0.15, -0.1) is 0 Å². The summed E-state index contributed by atoms with van der Waals surface area (Å²) in [6.07, 6.45) is 1.68. The molecule has 2 aromatic rings. The van der Waals surface area contributed by atoms with Gasteiger partial charge in [0.2, 0.25) is 0 Å². The van der Waals surface area contributed by atoms with Crippen LogP contribution in [0.15, 0.2) is 47.1 Å². The van der Waals surface area contributed by atoms with Crippen LogP contribution in [0.4, 0.5) is 10.1 Å². The maximum absolute atomic E-state index is 12.9. The zero-order chi connectivity index (χ0) is 14.4. The molecule has 0 spiro atoms. The molecule has 0 saturated carbocycles. The second-order valence-corrected chi connectivity index (χ2v) is 4.75. The first kappa shape index (κ1) is 14.6. The van der Waals surface area contributed by atoms with Crippen molar-refractivity contribution in [3.05, 3.63) is 54.2 Å². The van der Waals surface area contributed by atoms with Crippen LogP contribution in [0.25, 0.3) is 0 Å². The summed E-state index contributed by atoms with van der Waals surface area (Å²) in [6.45, 7) is 6.77. The summed E-state index contributed by atoms with van der Waals surface area (Å²) < 4.78 is 18.3. The Balaban J connectivity index is 1.83. The molecule has 0 bridgehead atoms. The molecule has 1 aromatic heterocycles. The Kier molecular flexibility index (Phi) is 5.18. The molecule has 0 radical (unpaired) electrons. The Morgan fingerprint density at radius 2 is 2.00 bits per heavy atom. The Hall–Kier alpha value is -1.81. The predicted molar refractivity (Wildman–Crippen MR) is 79.4 cm³/mol. The van der Waals surface area contributed by atoms with E-state index in [-0.39, 0.29) is 11.9 Å². The van der Waals surface area contributed by atoms with Gasteiger partial charge in [0.1, 0.15) is 11.6 Å². The van der Waals surface area contributed by atoms with Gasteiger partial charge in [-0.05, 0) is 50.2 Å². The zero-order valence-electron chi connectivity index (χ0n) is 12.0. The molecule has 0 saturated heterocycles. The summed E-state index contributed by atoms with van der Waals surface area (Å²) >= 11 is 0. The number of hydrogen-bond donors (Lipinski definition) is 1. The fourth-order valence-corrected chi connectivity index (χ4v) is 2.18. The third-order valence-electron chi connectivity index (χ3n) is 3.38. The molecule has 4 heteroatoms. The molecule has 1 N–H and O–H groups in total. The highest BCUT2D eigenvalue weighted by Gasteiger charge is 2.08. The smallest absolute Gasteiger partial charge is 0.123 e. The van der Waals surface area contributed by atoms with Crippen LogP contribution < -0.4 is 10.2 Å². The maximum Gasteiger partial charge on any atom is 0.123 e. The lowest BCUT2D eigenvalue weighted by atomic mass is 10.2. The van der Waals surface area contributed by atoms with Crippen molar-refractivity contribution in [1.29, 1.82) is 0 Å². The quantitative estimate of drug-likeness (QED) is 0.837. The molecule has 0 aliphatic carbocycles. The number of nitrogens with zero attached hydrogens (tertiary/aromatic N) is 1. The van der Waals surface area contributed by atoms with Crippen LogP contribution in [0.3, 0.4) is 0 Å². The van der Waals surface area contributed by atoms with Gasteiger partial charge >= 0.3 is 0 Å². The number of nitrogens with one attached hydrogen (secondary N) is 1. The molecule has 20 heavy (non-hydrogen) atoms. The fourth-order valence-electron chi connectivity index (χ4n) is 2.18. The Labute approximate surface area is 119 Å². The third kappa shape index (κ3) is 3.84. The van der Waals surface area contributed by atoms with Crippen LogP contribution in [0.5, 0.6) is 0 Å². The molecule has 0 fully saturated rings. The number of likely N-dealkylation sites (N-methyl/N-ethyl adjacent to an activating group) is 1. The van der Waals surface area contributed by atoms with Crippen LogP contribution >= 0.6 is 0 Å². The minimum Gasteiger partial charge on any atom is -0.468 e. The molecular weight excluding hydrogens is 255 g/mol. The average molecular weight is 276 g/mol. The summed E-state index contributed by atoms with van der Waals surface area (Å²) in [6, 6.07) is 10.7. The highest BCUT2D eigenvalue weighted by molar-refractivity contribution is 5.46. The van der Waals surface area contributed by atoms with Gasteiger partial charge in [0, 0.05) is 25.3 Å². The molecule has 0 aliphatic heterocycles. The Morgan fingerprint density at radius 3 is 2.60 bits per heavy atom. The average Bonchev–Trinajstić information content (AvgIpc) is 2.99. The Bertz CT molecular complexity index is 496. The number of rotatable bonds is 7. The third-order valence-corrected chi connectivity index (χ3v) is 3.38. The van der Waals surface area contributed by atoms with Gasteiger partial charge in [0.15, 0.2) is 0 Å². The molecule has 1 heterocycles. The molecule has 1 unspecified atom stereocenters. The van der Waals surface area contributed by atoms with Gasteiger partial charge in [0.05, 0.1) is 12.3 Å². The van der Waals surface area contributed by atoms with Gasteiger partial charge in [0.25, 0.3) is 0 Å². The summed E-state index contributed by atoms with van der Waals surface area (Å²) in [5.41, 5.74) is 1.04. The van der Waals surface area contributed by atoms with E-state index in [1.165, 1.54) is 12.1 Å². The van der Waals surface area contributed by atoms with Crippen molar-refractivity contribution < 1.29 is 8.81 Å². The number of benzene rings is 1. The maximum atomic E-state index is 12.9. The van der Waals surface area contributed by atoms with Crippen LogP contribution in [0.1, 0.15) is 25.6 Å². The monoisotopic (exact) mass is 276 g/mol. The SMILES string of the molecule is CCN(CCNC(C)c1ccco1)c1ccc(F)cc1. The molecule has 1 aromatic carbocycles. The topological polar surface area (TPSA) is 28.4 Å². The van der Waals surface area contributed by atoms with Crippen molar-refractivity contribution in [2.24, 2.45) is 0 Å². The van der Waals surface area contributed by atoms with Crippen LogP contribution in [-0.4, -0.2) is 19.6 Å². The lowest BCUT2D eigenvalue weighted by molar-refractivity contribution is 0.432. The Morgan fingerprint density at radius 1 is 1.25 bits per heavy atom. The van der Waals surface area contributed by atoms with Crippen molar-refractivity contribution in [3.63, 3.8) is 0 Å². The van der Waals surface area contributed by atoms with Crippen molar-refractivity contribution in [2.75, 3.05) is 24.5 Å². The van der Waals surface area contributed by atoms with Crippen molar-refractivity contribution in [3.8, 4) is 0 Å². The first-order valence-electron chi connectivity index (χ1n) is 6.98. The standard InChI is InChI=1S/C16H21FN2O/c1-3-19(15-8-6-14(17)7-9-15)11-10-18-13(2)16-5-4-12-20-16/h4-9,12-13,18H,3,10-11H2,1-2H3. The van der Waals surface area contributed by atoms with Crippen LogP contribution in [0.2, 0.25) is 0 Å². The highest BCUT2D eigenvalue weighted by atomic mass is 19.1. The first-order valence-corrected chi connectivity index (χ1v) is 6.98. The molecule has 2 rings (SSSR count). The summed E-state index contributed by atoms with van der Waals surface area (Å²) in [5, 5.41) is 3.42. The molecule has 0 amide bonds. The largest absolute Gasteiger partial charge is 0.468 e. The second kappa shape index (κ2) is 7.10. The lowest BCUT2D eigenvalue weighted by Crippen LogP contribution is -2.33. The van der Waals surface area contributed by atoms with Gasteiger partial charge < -0.3 is 14.6 Å². The number of hydrogen-bond acceptors (Lipinski definition) is 3. The van der Waals surface area contributed by atoms with E-state index in [0.717, 1.165) is 31.1 Å². The van der Waals surface area contributed by atoms with Crippen molar-refractivity contribution in [2.45, 2.75) is 19.9 Å². The number of anilines is 1. The zero-order valence-corrected chi connectivity index (χ0v) is 12.0. The molecule has 3 nitrogen and oxygen atoms in total. The lowest BCUT2D eigenvalue weighted by Gasteiger charge is -2.24. The minimum atomic E-state index is -0.200. The van der Waals surface area contributed by atoms with Gasteiger partial charge in [-0.1, -0.05) is 0 Å². The summed E-state index contributed by atoms with van der Waals surface area (Å²) in [7, 11) is 0. The van der Waals surface area contributed by atoms with Gasteiger partial charge in [-0.25, -0.2) is 4.39 Å². The molecule has 1 atom stereocenters. The minimum absolute atomic E-state index is 0.192. The van der Waals surface area contributed by atoms with E-state index in [1.807, 2.05) is 24.3 Å².